The monoisotopic (exact) mass is 330 g/mol. The number of epoxide rings is 1. The standard InChI is InChI=1S/C20H26O4/c1-9(2)10-13(21)11-12(15(23)14(10)22)20(5)8-6-7-19(3,4)18(20)17-16(11)24-17/h9,16-18,22H,6-8H2,1-5H3/t16-,17-,18-,20+/m0/s1. The lowest BCUT2D eigenvalue weighted by Gasteiger charge is -2.53. The number of allylic oxidation sites excluding steroid dienone is 2. The Kier molecular flexibility index (Phi) is 3.08. The van der Waals surface area contributed by atoms with Gasteiger partial charge in [-0.05, 0) is 24.2 Å². The molecule has 1 saturated heterocycles. The average Bonchev–Trinajstić information content (AvgIpc) is 3.21. The molecule has 4 aliphatic rings. The maximum Gasteiger partial charge on any atom is 0.224 e. The molecule has 130 valence electrons. The molecule has 4 rings (SSSR count). The topological polar surface area (TPSA) is 66.9 Å². The molecule has 4 nitrogen and oxygen atoms in total. The minimum atomic E-state index is -0.391. The first-order chi connectivity index (χ1) is 11.1. The van der Waals surface area contributed by atoms with Gasteiger partial charge in [-0.2, -0.15) is 0 Å². The van der Waals surface area contributed by atoms with Crippen LogP contribution in [-0.4, -0.2) is 28.9 Å². The van der Waals surface area contributed by atoms with Gasteiger partial charge in [-0.25, -0.2) is 0 Å². The maximum absolute atomic E-state index is 13.1. The average molecular weight is 330 g/mol. The van der Waals surface area contributed by atoms with E-state index in [0.717, 1.165) is 19.3 Å². The number of fused-ring (bicyclic) bond motifs is 5. The van der Waals surface area contributed by atoms with Crippen molar-refractivity contribution < 1.29 is 19.4 Å². The van der Waals surface area contributed by atoms with Crippen LogP contribution >= 0.6 is 0 Å². The fourth-order valence-corrected chi connectivity index (χ4v) is 5.89. The SMILES string of the molecule is CC(C)C1=C(O)C(=O)C2=C(C1=O)[C@@H]1O[C@@H]1[C@H]1C(C)(C)CCC[C@]21C. The number of ketones is 2. The molecule has 24 heavy (non-hydrogen) atoms. The summed E-state index contributed by atoms with van der Waals surface area (Å²) >= 11 is 0. The molecule has 0 spiro atoms. The molecule has 0 aromatic carbocycles. The van der Waals surface area contributed by atoms with Gasteiger partial charge < -0.3 is 9.84 Å². The fourth-order valence-electron chi connectivity index (χ4n) is 5.89. The van der Waals surface area contributed by atoms with Crippen LogP contribution in [0.4, 0.5) is 0 Å². The smallest absolute Gasteiger partial charge is 0.224 e. The summed E-state index contributed by atoms with van der Waals surface area (Å²) in [7, 11) is 0. The van der Waals surface area contributed by atoms with Crippen LogP contribution in [-0.2, 0) is 14.3 Å². The molecule has 0 aromatic rings. The van der Waals surface area contributed by atoms with Gasteiger partial charge in [-0.1, -0.05) is 41.0 Å². The number of ether oxygens (including phenoxy) is 1. The Labute approximate surface area is 143 Å². The number of hydrogen-bond acceptors (Lipinski definition) is 4. The molecule has 0 aromatic heterocycles. The number of rotatable bonds is 1. The zero-order chi connectivity index (χ0) is 17.6. The van der Waals surface area contributed by atoms with E-state index in [1.807, 2.05) is 13.8 Å². The van der Waals surface area contributed by atoms with Crippen LogP contribution in [0.3, 0.4) is 0 Å². The van der Waals surface area contributed by atoms with Crippen molar-refractivity contribution in [2.24, 2.45) is 22.7 Å². The van der Waals surface area contributed by atoms with Gasteiger partial charge in [0.15, 0.2) is 11.5 Å². The van der Waals surface area contributed by atoms with E-state index in [-0.39, 0.29) is 52.4 Å². The largest absolute Gasteiger partial charge is 0.504 e. The fraction of sp³-hybridized carbons (Fsp3) is 0.700. The molecule has 1 N–H and O–H groups in total. The molecule has 0 amide bonds. The van der Waals surface area contributed by atoms with E-state index in [0.29, 0.717) is 11.1 Å². The Morgan fingerprint density at radius 1 is 1.12 bits per heavy atom. The molecule has 0 bridgehead atoms. The van der Waals surface area contributed by atoms with Crippen LogP contribution < -0.4 is 0 Å². The summed E-state index contributed by atoms with van der Waals surface area (Å²) in [6.07, 6.45) is 2.78. The molecule has 4 atom stereocenters. The molecule has 1 heterocycles. The molecular weight excluding hydrogens is 304 g/mol. The van der Waals surface area contributed by atoms with Gasteiger partial charge >= 0.3 is 0 Å². The number of Topliss-reactive ketones (excluding diaryl/α,β-unsaturated/α-hetero) is 2. The van der Waals surface area contributed by atoms with Crippen LogP contribution in [0.5, 0.6) is 0 Å². The zero-order valence-electron chi connectivity index (χ0n) is 15.1. The van der Waals surface area contributed by atoms with Crippen LogP contribution in [0.1, 0.15) is 53.9 Å². The second kappa shape index (κ2) is 4.60. The van der Waals surface area contributed by atoms with Gasteiger partial charge in [0, 0.05) is 28.1 Å². The lowest BCUT2D eigenvalue weighted by molar-refractivity contribution is -0.121. The van der Waals surface area contributed by atoms with Crippen LogP contribution in [0.2, 0.25) is 0 Å². The van der Waals surface area contributed by atoms with Crippen LogP contribution in [0.15, 0.2) is 22.5 Å². The van der Waals surface area contributed by atoms with Crippen molar-refractivity contribution in [2.75, 3.05) is 0 Å². The Morgan fingerprint density at radius 2 is 1.79 bits per heavy atom. The second-order valence-electron chi connectivity index (χ2n) is 9.12. The number of aliphatic hydroxyl groups is 1. The lowest BCUT2D eigenvalue weighted by atomic mass is 9.48. The van der Waals surface area contributed by atoms with Gasteiger partial charge in [-0.15, -0.1) is 0 Å². The number of hydrogen-bond donors (Lipinski definition) is 1. The Morgan fingerprint density at radius 3 is 2.42 bits per heavy atom. The first kappa shape index (κ1) is 16.1. The zero-order valence-corrected chi connectivity index (χ0v) is 15.1. The van der Waals surface area contributed by atoms with Gasteiger partial charge in [0.25, 0.3) is 0 Å². The number of aliphatic hydroxyl groups excluding tert-OH is 1. The van der Waals surface area contributed by atoms with Crippen molar-refractivity contribution in [3.8, 4) is 0 Å². The quantitative estimate of drug-likeness (QED) is 0.590. The second-order valence-corrected chi connectivity index (χ2v) is 9.12. The first-order valence-electron chi connectivity index (χ1n) is 9.04. The van der Waals surface area contributed by atoms with E-state index in [1.165, 1.54) is 0 Å². The highest BCUT2D eigenvalue weighted by molar-refractivity contribution is 6.25. The summed E-state index contributed by atoms with van der Waals surface area (Å²) in [4.78, 5) is 26.1. The van der Waals surface area contributed by atoms with Crippen molar-refractivity contribution in [2.45, 2.75) is 66.1 Å². The van der Waals surface area contributed by atoms with Crippen molar-refractivity contribution >= 4 is 11.6 Å². The van der Waals surface area contributed by atoms with E-state index in [4.69, 9.17) is 4.74 Å². The van der Waals surface area contributed by atoms with Gasteiger partial charge in [0.2, 0.25) is 5.78 Å². The van der Waals surface area contributed by atoms with Crippen LogP contribution in [0, 0.1) is 22.7 Å². The van der Waals surface area contributed by atoms with Crippen molar-refractivity contribution in [1.29, 1.82) is 0 Å². The predicted molar refractivity (Wildman–Crippen MR) is 89.4 cm³/mol. The summed E-state index contributed by atoms with van der Waals surface area (Å²) in [6.45, 7) is 10.3. The third kappa shape index (κ3) is 1.78. The third-order valence-electron chi connectivity index (χ3n) is 6.79. The van der Waals surface area contributed by atoms with E-state index < -0.39 is 5.41 Å². The molecule has 4 heteroatoms. The molecule has 2 fully saturated rings. The van der Waals surface area contributed by atoms with E-state index in [1.54, 1.807) is 0 Å². The van der Waals surface area contributed by atoms with Gasteiger partial charge in [-0.3, -0.25) is 9.59 Å². The Bertz CT molecular complexity index is 724. The van der Waals surface area contributed by atoms with E-state index in [2.05, 4.69) is 20.8 Å². The minimum Gasteiger partial charge on any atom is -0.504 e. The van der Waals surface area contributed by atoms with Crippen molar-refractivity contribution in [1.82, 2.24) is 0 Å². The maximum atomic E-state index is 13.1. The van der Waals surface area contributed by atoms with Gasteiger partial charge in [0.05, 0.1) is 6.10 Å². The Balaban J connectivity index is 1.92. The predicted octanol–water partition coefficient (Wildman–Crippen LogP) is 3.52. The molecule has 1 aliphatic heterocycles. The Hall–Kier alpha value is -1.42. The summed E-state index contributed by atoms with van der Waals surface area (Å²) in [6, 6.07) is 0. The minimum absolute atomic E-state index is 0.0365. The summed E-state index contributed by atoms with van der Waals surface area (Å²) < 4.78 is 5.96. The van der Waals surface area contributed by atoms with Crippen LogP contribution in [0.25, 0.3) is 0 Å². The van der Waals surface area contributed by atoms with E-state index in [9.17, 15) is 14.7 Å². The lowest BCUT2D eigenvalue weighted by Crippen LogP contribution is -2.52. The highest BCUT2D eigenvalue weighted by Gasteiger charge is 2.68. The highest BCUT2D eigenvalue weighted by atomic mass is 16.6. The summed E-state index contributed by atoms with van der Waals surface area (Å²) in [5, 5.41) is 10.5. The number of carbonyl (C=O) groups is 2. The molecular formula is C20H26O4. The molecule has 0 radical (unpaired) electrons. The van der Waals surface area contributed by atoms with E-state index >= 15 is 0 Å². The summed E-state index contributed by atoms with van der Waals surface area (Å²) in [5.74, 6) is -0.815. The normalized spacial score (nSPS) is 40.5. The highest BCUT2D eigenvalue weighted by Crippen LogP contribution is 2.65. The van der Waals surface area contributed by atoms with Crippen molar-refractivity contribution in [3.63, 3.8) is 0 Å². The summed E-state index contributed by atoms with van der Waals surface area (Å²) in [5.41, 5.74) is 1.02. The third-order valence-corrected chi connectivity index (χ3v) is 6.79. The molecule has 3 aliphatic carbocycles. The van der Waals surface area contributed by atoms with Crippen molar-refractivity contribution in [3.05, 3.63) is 22.5 Å². The molecule has 0 unspecified atom stereocenters. The first-order valence-corrected chi connectivity index (χ1v) is 9.04. The van der Waals surface area contributed by atoms with Gasteiger partial charge in [0.1, 0.15) is 6.10 Å². The number of carbonyl (C=O) groups excluding carboxylic acids is 2. The molecule has 1 saturated carbocycles.